The number of carbonyl (C=O) groups excluding carboxylic acids is 1. The van der Waals surface area contributed by atoms with Gasteiger partial charge in [0.2, 0.25) is 6.10 Å². The van der Waals surface area contributed by atoms with Gasteiger partial charge in [-0.1, -0.05) is 16.4 Å². The molecule has 136 valence electrons. The van der Waals surface area contributed by atoms with Crippen LogP contribution in [0.2, 0.25) is 5.02 Å². The number of benzene rings is 2. The zero-order valence-electron chi connectivity index (χ0n) is 14.4. The molecule has 2 aromatic carbocycles. The van der Waals surface area contributed by atoms with Crippen molar-refractivity contribution in [1.29, 1.82) is 0 Å². The number of ether oxygens (including phenoxy) is 2. The zero-order valence-corrected chi connectivity index (χ0v) is 15.1. The van der Waals surface area contributed by atoms with E-state index >= 15 is 0 Å². The van der Waals surface area contributed by atoms with E-state index < -0.39 is 6.10 Å². The van der Waals surface area contributed by atoms with E-state index in [1.165, 1.54) is 12.0 Å². The highest BCUT2D eigenvalue weighted by Crippen LogP contribution is 2.29. The van der Waals surface area contributed by atoms with Crippen LogP contribution in [0.15, 0.2) is 36.4 Å². The van der Waals surface area contributed by atoms with Gasteiger partial charge in [0.1, 0.15) is 22.5 Å². The number of anilines is 1. The lowest BCUT2D eigenvalue weighted by Crippen LogP contribution is -2.35. The summed E-state index contributed by atoms with van der Waals surface area (Å²) < 4.78 is 10.4. The smallest absolute Gasteiger partial charge is 0.268 e. The molecule has 0 spiro atoms. The molecule has 1 heterocycles. The van der Waals surface area contributed by atoms with Gasteiger partial charge in [-0.3, -0.25) is 4.79 Å². The number of nitrogens with zero attached hydrogens (tertiary/aromatic N) is 3. The molecule has 0 saturated heterocycles. The van der Waals surface area contributed by atoms with Crippen LogP contribution < -0.4 is 19.6 Å². The molecular weight excluding hydrogens is 360 g/mol. The van der Waals surface area contributed by atoms with Gasteiger partial charge in [-0.05, 0) is 42.5 Å². The third-order valence-corrected chi connectivity index (χ3v) is 3.90. The summed E-state index contributed by atoms with van der Waals surface area (Å²) in [6, 6.07) is 10.2. The van der Waals surface area contributed by atoms with Crippen molar-refractivity contribution in [2.75, 3.05) is 19.5 Å². The van der Waals surface area contributed by atoms with Crippen molar-refractivity contribution >= 4 is 34.2 Å². The molecule has 0 aliphatic rings. The van der Waals surface area contributed by atoms with Crippen LogP contribution in [0.25, 0.3) is 11.0 Å². The SMILES string of the molecule is COc1ccc(OC)c(NC(=O)[C@H](C)On2nnc3ccc(Cl)cc32)c1. The summed E-state index contributed by atoms with van der Waals surface area (Å²) in [6.07, 6.45) is -0.852. The number of aromatic nitrogens is 3. The average molecular weight is 377 g/mol. The van der Waals surface area contributed by atoms with Gasteiger partial charge < -0.3 is 19.6 Å². The van der Waals surface area contributed by atoms with Crippen LogP contribution in [0.1, 0.15) is 6.92 Å². The molecule has 1 amide bonds. The lowest BCUT2D eigenvalue weighted by atomic mass is 10.2. The van der Waals surface area contributed by atoms with Crippen molar-refractivity contribution in [2.24, 2.45) is 0 Å². The summed E-state index contributed by atoms with van der Waals surface area (Å²) >= 11 is 5.99. The Morgan fingerprint density at radius 3 is 2.73 bits per heavy atom. The summed E-state index contributed by atoms with van der Waals surface area (Å²) in [5.74, 6) is 0.707. The predicted molar refractivity (Wildman–Crippen MR) is 96.8 cm³/mol. The van der Waals surface area contributed by atoms with Crippen molar-refractivity contribution < 1.29 is 19.1 Å². The average Bonchev–Trinajstić information content (AvgIpc) is 3.03. The van der Waals surface area contributed by atoms with Crippen molar-refractivity contribution in [1.82, 2.24) is 15.2 Å². The van der Waals surface area contributed by atoms with Gasteiger partial charge in [-0.15, -0.1) is 5.10 Å². The summed E-state index contributed by atoms with van der Waals surface area (Å²) in [5.41, 5.74) is 1.64. The minimum atomic E-state index is -0.852. The fraction of sp³-hybridized carbons (Fsp3) is 0.235. The second-order valence-electron chi connectivity index (χ2n) is 5.40. The van der Waals surface area contributed by atoms with E-state index in [2.05, 4.69) is 15.6 Å². The topological polar surface area (TPSA) is 87.5 Å². The molecule has 3 rings (SSSR count). The number of hydrogen-bond donors (Lipinski definition) is 1. The predicted octanol–water partition coefficient (Wildman–Crippen LogP) is 2.56. The van der Waals surface area contributed by atoms with Crippen LogP contribution in [0.5, 0.6) is 11.5 Å². The Balaban J connectivity index is 1.76. The van der Waals surface area contributed by atoms with E-state index in [0.717, 1.165) is 0 Å². The minimum Gasteiger partial charge on any atom is -0.497 e. The standard InChI is InChI=1S/C17H17ClN4O4/c1-10(26-22-15-8-11(18)4-6-13(15)20-21-22)17(23)19-14-9-12(24-2)5-7-16(14)25-3/h4-10H,1-3H3,(H,19,23)/t10-/m0/s1. The minimum absolute atomic E-state index is 0.387. The monoisotopic (exact) mass is 376 g/mol. The first-order valence-corrected chi connectivity index (χ1v) is 8.10. The summed E-state index contributed by atoms with van der Waals surface area (Å²) in [6.45, 7) is 1.60. The fourth-order valence-electron chi connectivity index (χ4n) is 2.29. The third-order valence-electron chi connectivity index (χ3n) is 3.67. The lowest BCUT2D eigenvalue weighted by Gasteiger charge is -2.16. The van der Waals surface area contributed by atoms with Crippen LogP contribution in [0.3, 0.4) is 0 Å². The van der Waals surface area contributed by atoms with E-state index in [0.29, 0.717) is 33.2 Å². The molecule has 26 heavy (non-hydrogen) atoms. The van der Waals surface area contributed by atoms with E-state index in [1.807, 2.05) is 0 Å². The van der Waals surface area contributed by atoms with Crippen molar-refractivity contribution in [3.63, 3.8) is 0 Å². The van der Waals surface area contributed by atoms with Gasteiger partial charge in [-0.25, -0.2) is 0 Å². The number of rotatable bonds is 6. The van der Waals surface area contributed by atoms with Crippen molar-refractivity contribution in [3.8, 4) is 11.5 Å². The highest BCUT2D eigenvalue weighted by Gasteiger charge is 2.19. The maximum absolute atomic E-state index is 12.5. The molecule has 0 radical (unpaired) electrons. The van der Waals surface area contributed by atoms with Crippen LogP contribution in [-0.2, 0) is 4.79 Å². The highest BCUT2D eigenvalue weighted by atomic mass is 35.5. The van der Waals surface area contributed by atoms with Gasteiger partial charge in [0, 0.05) is 11.1 Å². The number of nitrogens with one attached hydrogen (secondary N) is 1. The molecule has 1 N–H and O–H groups in total. The molecule has 9 heteroatoms. The molecule has 0 unspecified atom stereocenters. The molecule has 1 atom stereocenters. The normalized spacial score (nSPS) is 11.8. The molecule has 0 saturated carbocycles. The van der Waals surface area contributed by atoms with E-state index in [1.54, 1.807) is 50.4 Å². The van der Waals surface area contributed by atoms with Gasteiger partial charge in [0.15, 0.2) is 0 Å². The Bertz CT molecular complexity index is 944. The van der Waals surface area contributed by atoms with Gasteiger partial charge in [-0.2, -0.15) is 0 Å². The number of methoxy groups -OCH3 is 2. The molecular formula is C17H17ClN4O4. The number of carbonyl (C=O) groups is 1. The number of hydrogen-bond acceptors (Lipinski definition) is 6. The van der Waals surface area contributed by atoms with Gasteiger partial charge in [0.25, 0.3) is 5.91 Å². The Kier molecular flexibility index (Phi) is 5.13. The first kappa shape index (κ1) is 17.8. The Morgan fingerprint density at radius 1 is 1.19 bits per heavy atom. The highest BCUT2D eigenvalue weighted by molar-refractivity contribution is 6.31. The first-order valence-electron chi connectivity index (χ1n) is 7.73. The van der Waals surface area contributed by atoms with Crippen LogP contribution in [0, 0.1) is 0 Å². The number of amides is 1. The quantitative estimate of drug-likeness (QED) is 0.711. The van der Waals surface area contributed by atoms with Crippen molar-refractivity contribution in [2.45, 2.75) is 13.0 Å². The maximum Gasteiger partial charge on any atom is 0.268 e. The molecule has 0 aliphatic carbocycles. The zero-order chi connectivity index (χ0) is 18.7. The van der Waals surface area contributed by atoms with Gasteiger partial charge >= 0.3 is 0 Å². The Labute approximate surface area is 154 Å². The van der Waals surface area contributed by atoms with Crippen LogP contribution in [0.4, 0.5) is 5.69 Å². The number of halogens is 1. The second kappa shape index (κ2) is 7.49. The third kappa shape index (κ3) is 3.65. The molecule has 0 fully saturated rings. The first-order chi connectivity index (χ1) is 12.5. The summed E-state index contributed by atoms with van der Waals surface area (Å²) in [7, 11) is 3.06. The number of fused-ring (bicyclic) bond motifs is 1. The lowest BCUT2D eigenvalue weighted by molar-refractivity contribution is -0.127. The van der Waals surface area contributed by atoms with E-state index in [4.69, 9.17) is 25.9 Å². The van der Waals surface area contributed by atoms with Gasteiger partial charge in [0.05, 0.1) is 19.9 Å². The fourth-order valence-corrected chi connectivity index (χ4v) is 2.46. The molecule has 3 aromatic rings. The second-order valence-corrected chi connectivity index (χ2v) is 5.83. The molecule has 0 aliphatic heterocycles. The van der Waals surface area contributed by atoms with Crippen molar-refractivity contribution in [3.05, 3.63) is 41.4 Å². The maximum atomic E-state index is 12.5. The largest absolute Gasteiger partial charge is 0.497 e. The molecule has 0 bridgehead atoms. The summed E-state index contributed by atoms with van der Waals surface area (Å²) in [5, 5.41) is 11.1. The van der Waals surface area contributed by atoms with Crippen LogP contribution in [-0.4, -0.2) is 41.4 Å². The van der Waals surface area contributed by atoms with E-state index in [9.17, 15) is 4.79 Å². The van der Waals surface area contributed by atoms with Crippen LogP contribution >= 0.6 is 11.6 Å². The molecule has 1 aromatic heterocycles. The van der Waals surface area contributed by atoms with E-state index in [-0.39, 0.29) is 5.91 Å². The molecule has 8 nitrogen and oxygen atoms in total. The Hall–Kier alpha value is -3.00. The summed E-state index contributed by atoms with van der Waals surface area (Å²) in [4.78, 5) is 19.3. The Morgan fingerprint density at radius 2 is 2.00 bits per heavy atom.